The summed E-state index contributed by atoms with van der Waals surface area (Å²) in [6.45, 7) is 9.89. The Kier molecular flexibility index (Phi) is 7.24. The van der Waals surface area contributed by atoms with Crippen LogP contribution in [0.25, 0.3) is 0 Å². The summed E-state index contributed by atoms with van der Waals surface area (Å²) in [7, 11) is 2.91. The average Bonchev–Trinajstić information content (AvgIpc) is 2.50. The number of nitrogens with zero attached hydrogens (tertiary/aromatic N) is 1. The molecule has 0 amide bonds. The summed E-state index contributed by atoms with van der Waals surface area (Å²) in [5.41, 5.74) is 0.694. The lowest BCUT2D eigenvalue weighted by Crippen LogP contribution is -2.47. The molecule has 22 heavy (non-hydrogen) atoms. The van der Waals surface area contributed by atoms with E-state index in [9.17, 15) is 9.59 Å². The topological polar surface area (TPSA) is 55.8 Å². The zero-order valence-corrected chi connectivity index (χ0v) is 14.1. The van der Waals surface area contributed by atoms with Crippen molar-refractivity contribution in [1.29, 1.82) is 0 Å². The smallest absolute Gasteiger partial charge is 0.328 e. The SMILES string of the molecule is C=C(/C=C\C(=C)N1CCC(SC(C)=O)CC1C(=O)OC)OC. The van der Waals surface area contributed by atoms with Gasteiger partial charge in [0.2, 0.25) is 0 Å². The van der Waals surface area contributed by atoms with E-state index >= 15 is 0 Å². The fourth-order valence-corrected chi connectivity index (χ4v) is 3.30. The molecular formula is C16H23NO4S. The highest BCUT2D eigenvalue weighted by Gasteiger charge is 2.35. The summed E-state index contributed by atoms with van der Waals surface area (Å²) < 4.78 is 9.86. The molecule has 1 rings (SSSR count). The highest BCUT2D eigenvalue weighted by molar-refractivity contribution is 8.14. The van der Waals surface area contributed by atoms with Gasteiger partial charge in [0.05, 0.1) is 14.2 Å². The van der Waals surface area contributed by atoms with E-state index < -0.39 is 6.04 Å². The number of allylic oxidation sites excluding steroid dienone is 2. The van der Waals surface area contributed by atoms with Crippen LogP contribution in [-0.2, 0) is 19.1 Å². The van der Waals surface area contributed by atoms with Crippen LogP contribution in [0.1, 0.15) is 19.8 Å². The molecule has 0 radical (unpaired) electrons. The highest BCUT2D eigenvalue weighted by Crippen LogP contribution is 2.30. The maximum absolute atomic E-state index is 12.0. The number of ether oxygens (including phenoxy) is 2. The molecule has 1 aliphatic rings. The Morgan fingerprint density at radius 1 is 1.23 bits per heavy atom. The molecule has 2 unspecified atom stereocenters. The van der Waals surface area contributed by atoms with E-state index in [1.54, 1.807) is 19.1 Å². The van der Waals surface area contributed by atoms with Gasteiger partial charge in [-0.15, -0.1) is 0 Å². The first-order chi connectivity index (χ1) is 10.4. The fraction of sp³-hybridized carbons (Fsp3) is 0.500. The first-order valence-corrected chi connectivity index (χ1v) is 7.88. The number of likely N-dealkylation sites (tertiary alicyclic amines) is 1. The van der Waals surface area contributed by atoms with Gasteiger partial charge < -0.3 is 14.4 Å². The standard InChI is InChI=1S/C16H23NO4S/c1-11(6-7-12(2)20-4)17-9-8-14(22-13(3)18)10-15(17)16(19)21-5/h6-7,14-15H,1-2,8-10H2,3-5H3/b7-6-. The van der Waals surface area contributed by atoms with Crippen molar-refractivity contribution < 1.29 is 19.1 Å². The van der Waals surface area contributed by atoms with Crippen molar-refractivity contribution in [2.75, 3.05) is 20.8 Å². The van der Waals surface area contributed by atoms with Gasteiger partial charge in [-0.05, 0) is 25.0 Å². The summed E-state index contributed by atoms with van der Waals surface area (Å²) in [6.07, 6.45) is 4.85. The van der Waals surface area contributed by atoms with Crippen molar-refractivity contribution in [2.24, 2.45) is 0 Å². The van der Waals surface area contributed by atoms with Gasteiger partial charge in [-0.1, -0.05) is 24.9 Å². The molecule has 0 spiro atoms. The molecule has 2 atom stereocenters. The third-order valence-corrected chi connectivity index (χ3v) is 4.55. The predicted octanol–water partition coefficient (Wildman–Crippen LogP) is 2.50. The monoisotopic (exact) mass is 325 g/mol. The minimum atomic E-state index is -0.427. The Bertz CT molecular complexity index is 487. The number of rotatable bonds is 6. The van der Waals surface area contributed by atoms with Gasteiger partial charge >= 0.3 is 5.97 Å². The quantitative estimate of drug-likeness (QED) is 0.425. The number of methoxy groups -OCH3 is 2. The lowest BCUT2D eigenvalue weighted by Gasteiger charge is -2.39. The van der Waals surface area contributed by atoms with E-state index in [1.165, 1.54) is 26.0 Å². The second-order valence-electron chi connectivity index (χ2n) is 4.98. The normalized spacial score (nSPS) is 21.5. The average molecular weight is 325 g/mol. The van der Waals surface area contributed by atoms with Gasteiger partial charge in [0.25, 0.3) is 0 Å². The van der Waals surface area contributed by atoms with Crippen LogP contribution in [0.15, 0.2) is 36.8 Å². The summed E-state index contributed by atoms with van der Waals surface area (Å²) >= 11 is 1.29. The van der Waals surface area contributed by atoms with Crippen LogP contribution in [-0.4, -0.2) is 48.0 Å². The lowest BCUT2D eigenvalue weighted by molar-refractivity contribution is -0.147. The molecule has 1 heterocycles. The van der Waals surface area contributed by atoms with E-state index in [0.717, 1.165) is 6.42 Å². The second kappa shape index (κ2) is 8.68. The number of hydrogen-bond acceptors (Lipinski definition) is 6. The Morgan fingerprint density at radius 2 is 1.91 bits per heavy atom. The van der Waals surface area contributed by atoms with Gasteiger partial charge in [0, 0.05) is 24.4 Å². The molecule has 0 N–H and O–H groups in total. The van der Waals surface area contributed by atoms with E-state index in [0.29, 0.717) is 24.4 Å². The van der Waals surface area contributed by atoms with Gasteiger partial charge in [-0.25, -0.2) is 4.79 Å². The summed E-state index contributed by atoms with van der Waals surface area (Å²) in [4.78, 5) is 25.2. The third-order valence-electron chi connectivity index (χ3n) is 3.45. The number of carbonyl (C=O) groups is 2. The molecule has 0 aromatic rings. The molecule has 0 aromatic carbocycles. The molecule has 0 aromatic heterocycles. The zero-order chi connectivity index (χ0) is 16.7. The minimum Gasteiger partial charge on any atom is -0.497 e. The van der Waals surface area contributed by atoms with Crippen LogP contribution in [0, 0.1) is 0 Å². The van der Waals surface area contributed by atoms with Gasteiger partial charge in [0.15, 0.2) is 5.12 Å². The number of carbonyl (C=O) groups excluding carboxylic acids is 2. The first kappa shape index (κ1) is 18.4. The van der Waals surface area contributed by atoms with Crippen molar-refractivity contribution in [3.8, 4) is 0 Å². The van der Waals surface area contributed by atoms with Crippen LogP contribution in [0.4, 0.5) is 0 Å². The molecule has 1 aliphatic heterocycles. The third kappa shape index (κ3) is 5.26. The van der Waals surface area contributed by atoms with Crippen molar-refractivity contribution in [3.63, 3.8) is 0 Å². The van der Waals surface area contributed by atoms with Crippen molar-refractivity contribution in [2.45, 2.75) is 31.1 Å². The summed E-state index contributed by atoms with van der Waals surface area (Å²) in [5.74, 6) is 0.201. The maximum atomic E-state index is 12.0. The highest BCUT2D eigenvalue weighted by atomic mass is 32.2. The summed E-state index contributed by atoms with van der Waals surface area (Å²) in [5, 5.41) is 0.195. The van der Waals surface area contributed by atoms with Gasteiger partial charge in [0.1, 0.15) is 11.8 Å². The molecular weight excluding hydrogens is 302 g/mol. The fourth-order valence-electron chi connectivity index (χ4n) is 2.33. The number of esters is 1. The van der Waals surface area contributed by atoms with Crippen LogP contribution < -0.4 is 0 Å². The Morgan fingerprint density at radius 3 is 2.45 bits per heavy atom. The number of piperidine rings is 1. The molecule has 122 valence electrons. The molecule has 1 fully saturated rings. The van der Waals surface area contributed by atoms with Crippen molar-refractivity contribution >= 4 is 22.8 Å². The molecule has 0 saturated carbocycles. The van der Waals surface area contributed by atoms with Crippen molar-refractivity contribution in [3.05, 3.63) is 36.8 Å². The van der Waals surface area contributed by atoms with Crippen LogP contribution in [0.3, 0.4) is 0 Å². The van der Waals surface area contributed by atoms with E-state index in [1.807, 2.05) is 4.90 Å². The molecule has 0 bridgehead atoms. The second-order valence-corrected chi connectivity index (χ2v) is 6.46. The number of thioether (sulfide) groups is 1. The Balaban J connectivity index is 2.82. The van der Waals surface area contributed by atoms with E-state index in [4.69, 9.17) is 9.47 Å². The lowest BCUT2D eigenvalue weighted by atomic mass is 10.0. The largest absolute Gasteiger partial charge is 0.497 e. The minimum absolute atomic E-state index is 0.0668. The summed E-state index contributed by atoms with van der Waals surface area (Å²) in [6, 6.07) is -0.427. The zero-order valence-electron chi connectivity index (χ0n) is 13.3. The van der Waals surface area contributed by atoms with E-state index in [-0.39, 0.29) is 16.3 Å². The predicted molar refractivity (Wildman–Crippen MR) is 88.2 cm³/mol. The number of hydrogen-bond donors (Lipinski definition) is 0. The first-order valence-electron chi connectivity index (χ1n) is 7.00. The molecule has 6 heteroatoms. The maximum Gasteiger partial charge on any atom is 0.328 e. The molecule has 5 nitrogen and oxygen atoms in total. The van der Waals surface area contributed by atoms with E-state index in [2.05, 4.69) is 13.2 Å². The molecule has 1 saturated heterocycles. The Hall–Kier alpha value is -1.69. The molecule has 0 aliphatic carbocycles. The van der Waals surface area contributed by atoms with Crippen LogP contribution in [0.2, 0.25) is 0 Å². The van der Waals surface area contributed by atoms with Crippen molar-refractivity contribution in [1.82, 2.24) is 4.90 Å². The Labute approximate surface area is 136 Å². The van der Waals surface area contributed by atoms with Crippen LogP contribution >= 0.6 is 11.8 Å². The van der Waals surface area contributed by atoms with Gasteiger partial charge in [-0.3, -0.25) is 4.79 Å². The van der Waals surface area contributed by atoms with Crippen LogP contribution in [0.5, 0.6) is 0 Å². The van der Waals surface area contributed by atoms with Gasteiger partial charge in [-0.2, -0.15) is 0 Å².